The molecule has 114 valence electrons. The quantitative estimate of drug-likeness (QED) is 0.793. The zero-order valence-electron chi connectivity index (χ0n) is 11.9. The zero-order chi connectivity index (χ0) is 15.8. The Balaban J connectivity index is 1.69. The van der Waals surface area contributed by atoms with E-state index in [1.807, 2.05) is 42.5 Å². The van der Waals surface area contributed by atoms with Gasteiger partial charge in [0.05, 0.1) is 6.42 Å². The molecular formula is C17H16BrNO3. The minimum Gasteiger partial charge on any atom is -0.461 e. The smallest absolute Gasteiger partial charge is 0.306 e. The number of para-hydroxylation sites is 1. The Labute approximate surface area is 137 Å². The first kappa shape index (κ1) is 16.2. The highest BCUT2D eigenvalue weighted by molar-refractivity contribution is 9.10. The lowest BCUT2D eigenvalue weighted by atomic mass is 10.2. The van der Waals surface area contributed by atoms with Crippen molar-refractivity contribution in [3.63, 3.8) is 0 Å². The molecule has 0 unspecified atom stereocenters. The number of anilines is 1. The van der Waals surface area contributed by atoms with Gasteiger partial charge in [-0.15, -0.1) is 0 Å². The highest BCUT2D eigenvalue weighted by Gasteiger charge is 2.08. The topological polar surface area (TPSA) is 55.4 Å². The third-order valence-electron chi connectivity index (χ3n) is 2.93. The molecule has 1 N–H and O–H groups in total. The molecule has 1 amide bonds. The molecular weight excluding hydrogens is 346 g/mol. The van der Waals surface area contributed by atoms with Crippen LogP contribution in [0.2, 0.25) is 0 Å². The third kappa shape index (κ3) is 5.69. The van der Waals surface area contributed by atoms with Gasteiger partial charge in [-0.2, -0.15) is 0 Å². The molecule has 2 aromatic rings. The molecule has 0 aromatic heterocycles. The molecule has 2 aromatic carbocycles. The highest BCUT2D eigenvalue weighted by Crippen LogP contribution is 2.12. The fourth-order valence-electron chi connectivity index (χ4n) is 1.78. The van der Waals surface area contributed by atoms with Gasteiger partial charge in [-0.3, -0.25) is 9.59 Å². The van der Waals surface area contributed by atoms with Crippen molar-refractivity contribution in [2.24, 2.45) is 0 Å². The summed E-state index contributed by atoms with van der Waals surface area (Å²) in [7, 11) is 0. The van der Waals surface area contributed by atoms with Gasteiger partial charge in [-0.05, 0) is 29.8 Å². The Hall–Kier alpha value is -2.14. The van der Waals surface area contributed by atoms with Crippen molar-refractivity contribution in [3.05, 3.63) is 64.6 Å². The molecule has 0 atom stereocenters. The van der Waals surface area contributed by atoms with Crippen LogP contribution in [0.1, 0.15) is 18.4 Å². The summed E-state index contributed by atoms with van der Waals surface area (Å²) in [5.74, 6) is -0.585. The highest BCUT2D eigenvalue weighted by atomic mass is 79.9. The average Bonchev–Trinajstić information content (AvgIpc) is 2.53. The fraction of sp³-hybridized carbons (Fsp3) is 0.176. The van der Waals surface area contributed by atoms with Gasteiger partial charge in [0, 0.05) is 16.6 Å². The van der Waals surface area contributed by atoms with E-state index in [1.54, 1.807) is 12.1 Å². The standard InChI is InChI=1S/C17H16BrNO3/c18-14-8-6-13(7-9-14)12-22-17(21)11-10-16(20)19-15-4-2-1-3-5-15/h1-9H,10-12H2,(H,19,20). The first-order valence-corrected chi connectivity index (χ1v) is 7.68. The lowest BCUT2D eigenvalue weighted by Crippen LogP contribution is -2.14. The second-order valence-corrected chi connectivity index (χ2v) is 5.62. The minimum absolute atomic E-state index is 0.0647. The van der Waals surface area contributed by atoms with E-state index in [2.05, 4.69) is 21.2 Å². The Morgan fingerprint density at radius 2 is 1.64 bits per heavy atom. The Bertz CT molecular complexity index is 626. The van der Waals surface area contributed by atoms with Gasteiger partial charge in [0.15, 0.2) is 0 Å². The van der Waals surface area contributed by atoms with Crippen molar-refractivity contribution in [2.75, 3.05) is 5.32 Å². The van der Waals surface area contributed by atoms with Gasteiger partial charge in [0.2, 0.25) is 5.91 Å². The molecule has 0 spiro atoms. The molecule has 0 saturated heterocycles. The predicted octanol–water partition coefficient (Wildman–Crippen LogP) is 3.91. The van der Waals surface area contributed by atoms with Crippen LogP contribution in [0.5, 0.6) is 0 Å². The Morgan fingerprint density at radius 3 is 2.32 bits per heavy atom. The summed E-state index contributed by atoms with van der Waals surface area (Å²) in [5.41, 5.74) is 1.63. The molecule has 0 bridgehead atoms. The van der Waals surface area contributed by atoms with Crippen LogP contribution in [-0.4, -0.2) is 11.9 Å². The number of amides is 1. The van der Waals surface area contributed by atoms with Crippen LogP contribution < -0.4 is 5.32 Å². The molecule has 2 rings (SSSR count). The molecule has 22 heavy (non-hydrogen) atoms. The van der Waals surface area contributed by atoms with E-state index in [9.17, 15) is 9.59 Å². The van der Waals surface area contributed by atoms with Crippen LogP contribution in [0.4, 0.5) is 5.69 Å². The van der Waals surface area contributed by atoms with Crippen molar-refractivity contribution in [1.29, 1.82) is 0 Å². The molecule has 4 nitrogen and oxygen atoms in total. The van der Waals surface area contributed by atoms with Crippen LogP contribution in [0.3, 0.4) is 0 Å². The van der Waals surface area contributed by atoms with Gasteiger partial charge >= 0.3 is 5.97 Å². The van der Waals surface area contributed by atoms with Crippen LogP contribution >= 0.6 is 15.9 Å². The van der Waals surface area contributed by atoms with Gasteiger partial charge in [-0.1, -0.05) is 46.3 Å². The summed E-state index contributed by atoms with van der Waals surface area (Å²) < 4.78 is 6.11. The van der Waals surface area contributed by atoms with E-state index in [0.29, 0.717) is 0 Å². The number of carbonyl (C=O) groups is 2. The summed E-state index contributed by atoms with van der Waals surface area (Å²) in [6.07, 6.45) is 0.170. The van der Waals surface area contributed by atoms with E-state index in [-0.39, 0.29) is 31.3 Å². The van der Waals surface area contributed by atoms with Crippen molar-refractivity contribution in [2.45, 2.75) is 19.4 Å². The van der Waals surface area contributed by atoms with E-state index < -0.39 is 0 Å². The number of ether oxygens (including phenoxy) is 1. The first-order valence-electron chi connectivity index (χ1n) is 6.88. The number of carbonyl (C=O) groups excluding carboxylic acids is 2. The van der Waals surface area contributed by atoms with Crippen LogP contribution in [0, 0.1) is 0 Å². The summed E-state index contributed by atoms with van der Waals surface area (Å²) >= 11 is 3.34. The van der Waals surface area contributed by atoms with Gasteiger partial charge in [0.25, 0.3) is 0 Å². The maximum Gasteiger partial charge on any atom is 0.306 e. The number of hydrogen-bond donors (Lipinski definition) is 1. The van der Waals surface area contributed by atoms with Gasteiger partial charge in [-0.25, -0.2) is 0 Å². The zero-order valence-corrected chi connectivity index (χ0v) is 13.5. The monoisotopic (exact) mass is 361 g/mol. The molecule has 0 aliphatic carbocycles. The van der Waals surface area contributed by atoms with E-state index >= 15 is 0 Å². The Kier molecular flexibility index (Phi) is 6.15. The molecule has 0 aliphatic rings. The van der Waals surface area contributed by atoms with Crippen molar-refractivity contribution in [1.82, 2.24) is 0 Å². The van der Waals surface area contributed by atoms with E-state index in [4.69, 9.17) is 4.74 Å². The molecule has 0 radical (unpaired) electrons. The number of rotatable bonds is 6. The summed E-state index contributed by atoms with van der Waals surface area (Å²) in [6, 6.07) is 16.7. The maximum absolute atomic E-state index is 11.7. The predicted molar refractivity (Wildman–Crippen MR) is 88.2 cm³/mol. The van der Waals surface area contributed by atoms with Crippen LogP contribution in [0.25, 0.3) is 0 Å². The first-order chi connectivity index (χ1) is 10.6. The third-order valence-corrected chi connectivity index (χ3v) is 3.46. The molecule has 0 aliphatic heterocycles. The SMILES string of the molecule is O=C(CCC(=O)OCc1ccc(Br)cc1)Nc1ccccc1. The number of benzene rings is 2. The largest absolute Gasteiger partial charge is 0.461 e. The number of esters is 1. The van der Waals surface area contributed by atoms with Crippen molar-refractivity contribution >= 4 is 33.5 Å². The lowest BCUT2D eigenvalue weighted by molar-refractivity contribution is -0.145. The van der Waals surface area contributed by atoms with Crippen molar-refractivity contribution in [3.8, 4) is 0 Å². The molecule has 0 heterocycles. The average molecular weight is 362 g/mol. The number of nitrogens with one attached hydrogen (secondary N) is 1. The molecule has 0 fully saturated rings. The molecule has 0 saturated carbocycles. The second-order valence-electron chi connectivity index (χ2n) is 4.70. The van der Waals surface area contributed by atoms with E-state index in [0.717, 1.165) is 15.7 Å². The second kappa shape index (κ2) is 8.34. The van der Waals surface area contributed by atoms with Crippen LogP contribution in [-0.2, 0) is 20.9 Å². The summed E-state index contributed by atoms with van der Waals surface area (Å²) in [6.45, 7) is 0.215. The molecule has 5 heteroatoms. The van der Waals surface area contributed by atoms with Crippen LogP contribution in [0.15, 0.2) is 59.1 Å². The van der Waals surface area contributed by atoms with E-state index in [1.165, 1.54) is 0 Å². The van der Waals surface area contributed by atoms with Crippen molar-refractivity contribution < 1.29 is 14.3 Å². The summed E-state index contributed by atoms with van der Waals surface area (Å²) in [4.78, 5) is 23.3. The number of halogens is 1. The fourth-order valence-corrected chi connectivity index (χ4v) is 2.04. The van der Waals surface area contributed by atoms with Gasteiger partial charge < -0.3 is 10.1 Å². The lowest BCUT2D eigenvalue weighted by Gasteiger charge is -2.06. The normalized spacial score (nSPS) is 10.0. The Morgan fingerprint density at radius 1 is 0.955 bits per heavy atom. The number of hydrogen-bond acceptors (Lipinski definition) is 3. The minimum atomic E-state index is -0.383. The van der Waals surface area contributed by atoms with Gasteiger partial charge in [0.1, 0.15) is 6.61 Å². The maximum atomic E-state index is 11.7. The summed E-state index contributed by atoms with van der Waals surface area (Å²) in [5, 5.41) is 2.73.